The monoisotopic (exact) mass is 437 g/mol. The summed E-state index contributed by atoms with van der Waals surface area (Å²) in [6, 6.07) is 9.75. The number of amides is 1. The lowest BCUT2D eigenvalue weighted by Crippen LogP contribution is -2.30. The zero-order valence-electron chi connectivity index (χ0n) is 15.4. The molecule has 2 aromatic carbocycles. The summed E-state index contributed by atoms with van der Waals surface area (Å²) in [5, 5.41) is 2.67. The molecule has 0 bridgehead atoms. The highest BCUT2D eigenvalue weighted by atomic mass is 79.9. The van der Waals surface area contributed by atoms with Gasteiger partial charge in [0, 0.05) is 6.07 Å². The van der Waals surface area contributed by atoms with Crippen molar-refractivity contribution in [3.8, 4) is 17.2 Å². The van der Waals surface area contributed by atoms with Gasteiger partial charge in [-0.25, -0.2) is 4.79 Å². The summed E-state index contributed by atoms with van der Waals surface area (Å²) in [5.41, 5.74) is 0.707. The van der Waals surface area contributed by atoms with Crippen LogP contribution in [-0.4, -0.2) is 39.3 Å². The van der Waals surface area contributed by atoms with Crippen molar-refractivity contribution in [3.05, 3.63) is 46.4 Å². The number of anilines is 1. The minimum absolute atomic E-state index is 0.293. The minimum Gasteiger partial charge on any atom is -0.497 e. The van der Waals surface area contributed by atoms with E-state index in [9.17, 15) is 9.59 Å². The van der Waals surface area contributed by atoms with Gasteiger partial charge in [0.2, 0.25) is 0 Å². The predicted octanol–water partition coefficient (Wildman–Crippen LogP) is 3.66. The molecule has 144 valence electrons. The lowest BCUT2D eigenvalue weighted by atomic mass is 10.2. The van der Waals surface area contributed by atoms with Crippen molar-refractivity contribution < 1.29 is 28.5 Å². The number of hydrogen-bond donors (Lipinski definition) is 1. The van der Waals surface area contributed by atoms with Gasteiger partial charge in [-0.15, -0.1) is 0 Å². The number of benzene rings is 2. The Balaban J connectivity index is 2.07. The lowest BCUT2D eigenvalue weighted by Gasteiger charge is -2.16. The van der Waals surface area contributed by atoms with E-state index in [1.54, 1.807) is 36.4 Å². The SMILES string of the molecule is COc1ccc(OC)c(NC(=O)C(C)OC(=O)c2ccc(OC)c(Br)c2)c1. The molecule has 0 aliphatic rings. The number of ether oxygens (including phenoxy) is 4. The standard InChI is InChI=1S/C19H20BrNO6/c1-11(27-19(23)12-5-7-16(25-3)14(20)9-12)18(22)21-15-10-13(24-2)6-8-17(15)26-4/h5-11H,1-4H3,(H,21,22). The maximum atomic E-state index is 12.4. The van der Waals surface area contributed by atoms with Gasteiger partial charge in [0.1, 0.15) is 17.2 Å². The molecule has 0 saturated heterocycles. The second kappa shape index (κ2) is 9.27. The van der Waals surface area contributed by atoms with Crippen LogP contribution in [-0.2, 0) is 9.53 Å². The Kier molecular flexibility index (Phi) is 7.06. The van der Waals surface area contributed by atoms with Crippen molar-refractivity contribution in [2.45, 2.75) is 13.0 Å². The molecule has 1 atom stereocenters. The van der Waals surface area contributed by atoms with Crippen LogP contribution in [0.25, 0.3) is 0 Å². The Morgan fingerprint density at radius 3 is 2.22 bits per heavy atom. The summed E-state index contributed by atoms with van der Waals surface area (Å²) < 4.78 is 21.3. The van der Waals surface area contributed by atoms with Gasteiger partial charge >= 0.3 is 5.97 Å². The third-order valence-electron chi connectivity index (χ3n) is 3.71. The summed E-state index contributed by atoms with van der Waals surface area (Å²) in [5.74, 6) is 0.476. The van der Waals surface area contributed by atoms with E-state index in [0.29, 0.717) is 33.0 Å². The van der Waals surface area contributed by atoms with E-state index in [-0.39, 0.29) is 0 Å². The van der Waals surface area contributed by atoms with E-state index in [4.69, 9.17) is 18.9 Å². The molecule has 1 unspecified atom stereocenters. The smallest absolute Gasteiger partial charge is 0.338 e. The maximum Gasteiger partial charge on any atom is 0.338 e. The molecule has 0 heterocycles. The number of carbonyl (C=O) groups excluding carboxylic acids is 2. The second-order valence-electron chi connectivity index (χ2n) is 5.45. The molecule has 0 aromatic heterocycles. The maximum absolute atomic E-state index is 12.4. The van der Waals surface area contributed by atoms with E-state index >= 15 is 0 Å². The van der Waals surface area contributed by atoms with Crippen molar-refractivity contribution in [2.75, 3.05) is 26.6 Å². The molecule has 8 heteroatoms. The molecule has 2 aromatic rings. The molecule has 0 saturated carbocycles. The molecule has 1 N–H and O–H groups in total. The van der Waals surface area contributed by atoms with Gasteiger partial charge in [-0.1, -0.05) is 0 Å². The molecular weight excluding hydrogens is 418 g/mol. The predicted molar refractivity (Wildman–Crippen MR) is 104 cm³/mol. The van der Waals surface area contributed by atoms with Crippen LogP contribution in [0.3, 0.4) is 0 Å². The first-order valence-electron chi connectivity index (χ1n) is 7.97. The quantitative estimate of drug-likeness (QED) is 0.665. The topological polar surface area (TPSA) is 83.1 Å². The average molecular weight is 438 g/mol. The Morgan fingerprint density at radius 2 is 1.63 bits per heavy atom. The van der Waals surface area contributed by atoms with Gasteiger partial charge in [-0.3, -0.25) is 4.79 Å². The van der Waals surface area contributed by atoms with Gasteiger partial charge in [0.25, 0.3) is 5.91 Å². The van der Waals surface area contributed by atoms with E-state index < -0.39 is 18.0 Å². The Hall–Kier alpha value is -2.74. The number of rotatable bonds is 7. The highest BCUT2D eigenvalue weighted by Gasteiger charge is 2.21. The van der Waals surface area contributed by atoms with Gasteiger partial charge in [-0.05, 0) is 53.2 Å². The fourth-order valence-corrected chi connectivity index (χ4v) is 2.76. The zero-order valence-corrected chi connectivity index (χ0v) is 17.0. The third kappa shape index (κ3) is 5.13. The van der Waals surface area contributed by atoms with Crippen molar-refractivity contribution in [1.82, 2.24) is 0 Å². The van der Waals surface area contributed by atoms with Gasteiger partial charge < -0.3 is 24.3 Å². The third-order valence-corrected chi connectivity index (χ3v) is 4.32. The molecule has 0 fully saturated rings. The van der Waals surface area contributed by atoms with Crippen LogP contribution in [0, 0.1) is 0 Å². The van der Waals surface area contributed by atoms with Crippen molar-refractivity contribution in [2.24, 2.45) is 0 Å². The first-order chi connectivity index (χ1) is 12.9. The summed E-state index contributed by atoms with van der Waals surface area (Å²) in [4.78, 5) is 24.7. The van der Waals surface area contributed by atoms with E-state index in [2.05, 4.69) is 21.2 Å². The summed E-state index contributed by atoms with van der Waals surface area (Å²) in [6.07, 6.45) is -1.02. The number of hydrogen-bond acceptors (Lipinski definition) is 6. The molecule has 27 heavy (non-hydrogen) atoms. The normalized spacial score (nSPS) is 11.3. The van der Waals surface area contributed by atoms with E-state index in [0.717, 1.165) is 0 Å². The van der Waals surface area contributed by atoms with Crippen LogP contribution in [0.1, 0.15) is 17.3 Å². The molecule has 0 spiro atoms. The van der Waals surface area contributed by atoms with Gasteiger partial charge in [0.15, 0.2) is 6.10 Å². The highest BCUT2D eigenvalue weighted by molar-refractivity contribution is 9.10. The van der Waals surface area contributed by atoms with E-state index in [1.807, 2.05) is 0 Å². The zero-order chi connectivity index (χ0) is 20.0. The van der Waals surface area contributed by atoms with Crippen LogP contribution < -0.4 is 19.5 Å². The Bertz CT molecular complexity index is 839. The van der Waals surface area contributed by atoms with Crippen LogP contribution in [0.5, 0.6) is 17.2 Å². The summed E-state index contributed by atoms with van der Waals surface area (Å²) in [7, 11) is 4.53. The summed E-state index contributed by atoms with van der Waals surface area (Å²) in [6.45, 7) is 1.48. The van der Waals surface area contributed by atoms with Crippen LogP contribution >= 0.6 is 15.9 Å². The van der Waals surface area contributed by atoms with Crippen molar-refractivity contribution in [1.29, 1.82) is 0 Å². The fourth-order valence-electron chi connectivity index (χ4n) is 2.22. The summed E-state index contributed by atoms with van der Waals surface area (Å²) >= 11 is 3.31. The number of halogens is 1. The lowest BCUT2D eigenvalue weighted by molar-refractivity contribution is -0.123. The Morgan fingerprint density at radius 1 is 0.963 bits per heavy atom. The molecule has 0 aliphatic heterocycles. The Labute approximate surface area is 165 Å². The number of methoxy groups -OCH3 is 3. The van der Waals surface area contributed by atoms with E-state index in [1.165, 1.54) is 28.3 Å². The first kappa shape index (κ1) is 20.6. The van der Waals surface area contributed by atoms with Crippen LogP contribution in [0.4, 0.5) is 5.69 Å². The van der Waals surface area contributed by atoms with Crippen LogP contribution in [0.15, 0.2) is 40.9 Å². The van der Waals surface area contributed by atoms with Crippen molar-refractivity contribution >= 4 is 33.5 Å². The fraction of sp³-hybridized carbons (Fsp3) is 0.263. The highest BCUT2D eigenvalue weighted by Crippen LogP contribution is 2.29. The number of carbonyl (C=O) groups is 2. The molecule has 0 radical (unpaired) electrons. The second-order valence-corrected chi connectivity index (χ2v) is 6.31. The number of nitrogens with one attached hydrogen (secondary N) is 1. The molecular formula is C19H20BrNO6. The molecule has 2 rings (SSSR count). The first-order valence-corrected chi connectivity index (χ1v) is 8.76. The van der Waals surface area contributed by atoms with Gasteiger partial charge in [0.05, 0.1) is 37.1 Å². The largest absolute Gasteiger partial charge is 0.497 e. The number of esters is 1. The van der Waals surface area contributed by atoms with Gasteiger partial charge in [-0.2, -0.15) is 0 Å². The molecule has 7 nitrogen and oxygen atoms in total. The van der Waals surface area contributed by atoms with Crippen LogP contribution in [0.2, 0.25) is 0 Å². The minimum atomic E-state index is -1.02. The average Bonchev–Trinajstić information content (AvgIpc) is 2.67. The van der Waals surface area contributed by atoms with Crippen molar-refractivity contribution in [3.63, 3.8) is 0 Å². The molecule has 1 amide bonds. The molecule has 0 aliphatic carbocycles.